The molecule has 122 valence electrons. The van der Waals surface area contributed by atoms with Crippen molar-refractivity contribution in [2.75, 3.05) is 12.0 Å². The lowest BCUT2D eigenvalue weighted by Gasteiger charge is -2.23. The predicted molar refractivity (Wildman–Crippen MR) is 76.3 cm³/mol. The quantitative estimate of drug-likeness (QED) is 0.190. The standard InChI is InChI=1S/C12H17N3O7/c16-6-10(18)12(20)11(19)9(17)5-13-14-7-1-3-8(4-2-7)15(21)22/h1-5,9-12,14,16-20H,6H2/b13-5+. The summed E-state index contributed by atoms with van der Waals surface area (Å²) in [6, 6.07) is 5.29. The third-order valence-electron chi connectivity index (χ3n) is 2.78. The van der Waals surface area contributed by atoms with Gasteiger partial charge < -0.3 is 25.5 Å². The lowest BCUT2D eigenvalue weighted by molar-refractivity contribution is -0.384. The number of nitro benzene ring substituents is 1. The lowest BCUT2D eigenvalue weighted by Crippen LogP contribution is -2.46. The largest absolute Gasteiger partial charge is 0.394 e. The van der Waals surface area contributed by atoms with Gasteiger partial charge in [-0.05, 0) is 12.1 Å². The maximum absolute atomic E-state index is 10.5. The minimum atomic E-state index is -1.75. The summed E-state index contributed by atoms with van der Waals surface area (Å²) in [6.45, 7) is -0.775. The first-order valence-corrected chi connectivity index (χ1v) is 6.23. The number of aliphatic hydroxyl groups is 5. The van der Waals surface area contributed by atoms with Crippen molar-refractivity contribution in [1.29, 1.82) is 0 Å². The summed E-state index contributed by atoms with van der Waals surface area (Å²) in [6.07, 6.45) is -5.81. The van der Waals surface area contributed by atoms with Crippen LogP contribution in [0.1, 0.15) is 0 Å². The van der Waals surface area contributed by atoms with Crippen molar-refractivity contribution >= 4 is 17.6 Å². The van der Waals surface area contributed by atoms with Crippen molar-refractivity contribution < 1.29 is 30.5 Å². The average molecular weight is 315 g/mol. The monoisotopic (exact) mass is 315 g/mol. The molecule has 0 spiro atoms. The third-order valence-corrected chi connectivity index (χ3v) is 2.78. The molecule has 0 fully saturated rings. The van der Waals surface area contributed by atoms with Crippen LogP contribution in [-0.4, -0.2) is 67.7 Å². The van der Waals surface area contributed by atoms with E-state index in [1.807, 2.05) is 0 Å². The molecule has 1 aromatic rings. The van der Waals surface area contributed by atoms with E-state index in [4.69, 9.17) is 10.2 Å². The first kappa shape index (κ1) is 17.9. The number of hydrogen-bond acceptors (Lipinski definition) is 9. The van der Waals surface area contributed by atoms with Crippen molar-refractivity contribution in [1.82, 2.24) is 0 Å². The number of nitrogens with one attached hydrogen (secondary N) is 1. The minimum Gasteiger partial charge on any atom is -0.394 e. The molecule has 0 aliphatic carbocycles. The van der Waals surface area contributed by atoms with Gasteiger partial charge in [-0.15, -0.1) is 0 Å². The van der Waals surface area contributed by atoms with Crippen LogP contribution in [0.25, 0.3) is 0 Å². The van der Waals surface area contributed by atoms with Crippen LogP contribution in [0.5, 0.6) is 0 Å². The Morgan fingerprint density at radius 3 is 2.27 bits per heavy atom. The first-order valence-electron chi connectivity index (χ1n) is 6.23. The molecule has 0 aromatic heterocycles. The van der Waals surface area contributed by atoms with Gasteiger partial charge in [0, 0.05) is 12.1 Å². The zero-order valence-electron chi connectivity index (χ0n) is 11.4. The van der Waals surface area contributed by atoms with Crippen molar-refractivity contribution in [2.24, 2.45) is 5.10 Å². The molecule has 1 rings (SSSR count). The zero-order valence-corrected chi connectivity index (χ0v) is 11.4. The highest BCUT2D eigenvalue weighted by Crippen LogP contribution is 2.15. The highest BCUT2D eigenvalue weighted by Gasteiger charge is 2.29. The summed E-state index contributed by atoms with van der Waals surface area (Å²) in [7, 11) is 0. The SMILES string of the molecule is O=[N+]([O-])c1ccc(N/N=C/C(O)C(O)C(O)C(O)CO)cc1. The Kier molecular flexibility index (Phi) is 6.82. The Labute approximate surface area is 125 Å². The van der Waals surface area contributed by atoms with Crippen LogP contribution in [0.2, 0.25) is 0 Å². The number of aliphatic hydroxyl groups excluding tert-OH is 5. The van der Waals surface area contributed by atoms with Crippen LogP contribution >= 0.6 is 0 Å². The summed E-state index contributed by atoms with van der Waals surface area (Å²) >= 11 is 0. The molecular weight excluding hydrogens is 298 g/mol. The Morgan fingerprint density at radius 1 is 1.18 bits per heavy atom. The zero-order chi connectivity index (χ0) is 16.7. The van der Waals surface area contributed by atoms with Crippen molar-refractivity contribution in [3.8, 4) is 0 Å². The van der Waals surface area contributed by atoms with Gasteiger partial charge in [-0.3, -0.25) is 15.5 Å². The summed E-state index contributed by atoms with van der Waals surface area (Å²) in [5.74, 6) is 0. The highest BCUT2D eigenvalue weighted by atomic mass is 16.6. The van der Waals surface area contributed by atoms with Gasteiger partial charge in [-0.25, -0.2) is 0 Å². The molecule has 0 bridgehead atoms. The van der Waals surface area contributed by atoms with Gasteiger partial charge in [0.2, 0.25) is 0 Å². The molecule has 22 heavy (non-hydrogen) atoms. The molecule has 10 heteroatoms. The molecule has 6 N–H and O–H groups in total. The fourth-order valence-electron chi connectivity index (χ4n) is 1.47. The van der Waals surface area contributed by atoms with Crippen LogP contribution in [-0.2, 0) is 0 Å². The maximum atomic E-state index is 10.5. The van der Waals surface area contributed by atoms with Crippen LogP contribution in [0, 0.1) is 10.1 Å². The Balaban J connectivity index is 2.55. The topological polar surface area (TPSA) is 169 Å². The van der Waals surface area contributed by atoms with E-state index in [9.17, 15) is 25.4 Å². The smallest absolute Gasteiger partial charge is 0.269 e. The number of hydrogen-bond donors (Lipinski definition) is 6. The number of nitro groups is 1. The Bertz CT molecular complexity index is 508. The van der Waals surface area contributed by atoms with Gasteiger partial charge in [0.25, 0.3) is 5.69 Å². The lowest BCUT2D eigenvalue weighted by atomic mass is 10.0. The number of nitrogens with zero attached hydrogens (tertiary/aromatic N) is 2. The fourth-order valence-corrected chi connectivity index (χ4v) is 1.47. The molecule has 0 saturated heterocycles. The summed E-state index contributed by atoms with van der Waals surface area (Å²) in [4.78, 5) is 9.91. The second-order valence-electron chi connectivity index (χ2n) is 4.42. The normalized spacial score (nSPS) is 17.0. The fraction of sp³-hybridized carbons (Fsp3) is 0.417. The summed E-state index contributed by atoms with van der Waals surface area (Å²) in [5.41, 5.74) is 2.77. The molecule has 4 unspecified atom stereocenters. The van der Waals surface area contributed by atoms with Gasteiger partial charge >= 0.3 is 0 Å². The molecule has 10 nitrogen and oxygen atoms in total. The second kappa shape index (κ2) is 8.36. The van der Waals surface area contributed by atoms with Gasteiger partial charge in [-0.2, -0.15) is 5.10 Å². The average Bonchev–Trinajstić information content (AvgIpc) is 2.52. The molecule has 0 radical (unpaired) electrons. The van der Waals surface area contributed by atoms with Gasteiger partial charge in [0.15, 0.2) is 0 Å². The van der Waals surface area contributed by atoms with Crippen molar-refractivity contribution in [3.63, 3.8) is 0 Å². The molecule has 0 heterocycles. The van der Waals surface area contributed by atoms with E-state index >= 15 is 0 Å². The van der Waals surface area contributed by atoms with Crippen LogP contribution in [0.15, 0.2) is 29.4 Å². The molecule has 0 aliphatic rings. The van der Waals surface area contributed by atoms with Crippen LogP contribution in [0.4, 0.5) is 11.4 Å². The van der Waals surface area contributed by atoms with Gasteiger partial charge in [0.05, 0.1) is 23.4 Å². The summed E-state index contributed by atoms with van der Waals surface area (Å²) < 4.78 is 0. The molecule has 0 aliphatic heterocycles. The van der Waals surface area contributed by atoms with E-state index in [1.54, 1.807) is 0 Å². The number of benzene rings is 1. The van der Waals surface area contributed by atoms with E-state index in [1.165, 1.54) is 24.3 Å². The number of rotatable bonds is 8. The highest BCUT2D eigenvalue weighted by molar-refractivity contribution is 5.65. The predicted octanol–water partition coefficient (Wildman–Crippen LogP) is -1.57. The number of anilines is 1. The first-order chi connectivity index (χ1) is 10.4. The second-order valence-corrected chi connectivity index (χ2v) is 4.42. The van der Waals surface area contributed by atoms with E-state index in [-0.39, 0.29) is 5.69 Å². The van der Waals surface area contributed by atoms with E-state index < -0.39 is 35.9 Å². The van der Waals surface area contributed by atoms with Crippen molar-refractivity contribution in [2.45, 2.75) is 24.4 Å². The van der Waals surface area contributed by atoms with E-state index in [2.05, 4.69) is 10.5 Å². The molecule has 4 atom stereocenters. The van der Waals surface area contributed by atoms with Crippen LogP contribution < -0.4 is 5.43 Å². The third kappa shape index (κ3) is 5.02. The summed E-state index contributed by atoms with van der Waals surface area (Å²) in [5, 5.41) is 60.3. The molecule has 0 amide bonds. The molecule has 1 aromatic carbocycles. The van der Waals surface area contributed by atoms with E-state index in [0.717, 1.165) is 6.21 Å². The van der Waals surface area contributed by atoms with Crippen molar-refractivity contribution in [3.05, 3.63) is 34.4 Å². The van der Waals surface area contributed by atoms with Crippen LogP contribution in [0.3, 0.4) is 0 Å². The van der Waals surface area contributed by atoms with Gasteiger partial charge in [-0.1, -0.05) is 0 Å². The maximum Gasteiger partial charge on any atom is 0.269 e. The Hall–Kier alpha value is -2.11. The van der Waals surface area contributed by atoms with Gasteiger partial charge in [0.1, 0.15) is 24.4 Å². The van der Waals surface area contributed by atoms with E-state index in [0.29, 0.717) is 5.69 Å². The number of non-ortho nitro benzene ring substituents is 1. The Morgan fingerprint density at radius 2 is 1.77 bits per heavy atom. The molecule has 0 saturated carbocycles. The molecular formula is C12H17N3O7. The number of hydrazone groups is 1. The minimum absolute atomic E-state index is 0.0916.